The summed E-state index contributed by atoms with van der Waals surface area (Å²) in [4.78, 5) is 12.3. The van der Waals surface area contributed by atoms with E-state index in [9.17, 15) is 18.5 Å². The van der Waals surface area contributed by atoms with E-state index in [0.717, 1.165) is 5.56 Å². The van der Waals surface area contributed by atoms with E-state index >= 15 is 0 Å². The smallest absolute Gasteiger partial charge is 0.263 e. The maximum atomic E-state index is 12.3. The van der Waals surface area contributed by atoms with Gasteiger partial charge in [0.1, 0.15) is 17.4 Å². The van der Waals surface area contributed by atoms with Crippen LogP contribution < -0.4 is 20.5 Å². The zero-order valence-corrected chi connectivity index (χ0v) is 16.2. The fraction of sp³-hybridized carbons (Fsp3) is 0.158. The highest BCUT2D eigenvalue weighted by Crippen LogP contribution is 2.18. The SMILES string of the molecule is COc1ccc(C(C)NC(=O)/C(C#N)=C\Nc2ccc(S(N)(=O)=O)cc2)cc1. The summed E-state index contributed by atoms with van der Waals surface area (Å²) in [5, 5.41) is 19.8. The zero-order valence-electron chi connectivity index (χ0n) is 15.3. The van der Waals surface area contributed by atoms with Crippen molar-refractivity contribution < 1.29 is 17.9 Å². The first kappa shape index (κ1) is 21.0. The van der Waals surface area contributed by atoms with E-state index in [1.54, 1.807) is 26.2 Å². The molecule has 0 saturated heterocycles. The lowest BCUT2D eigenvalue weighted by Crippen LogP contribution is -2.28. The summed E-state index contributed by atoms with van der Waals surface area (Å²) in [6.45, 7) is 1.80. The van der Waals surface area contributed by atoms with Crippen molar-refractivity contribution in [2.24, 2.45) is 5.14 Å². The van der Waals surface area contributed by atoms with Crippen LogP contribution in [-0.4, -0.2) is 21.4 Å². The van der Waals surface area contributed by atoms with Gasteiger partial charge in [-0.1, -0.05) is 12.1 Å². The molecule has 1 amide bonds. The van der Waals surface area contributed by atoms with Crippen LogP contribution in [-0.2, 0) is 14.8 Å². The van der Waals surface area contributed by atoms with Crippen LogP contribution in [0.25, 0.3) is 0 Å². The lowest BCUT2D eigenvalue weighted by molar-refractivity contribution is -0.117. The molecule has 8 nitrogen and oxygen atoms in total. The molecule has 0 aromatic heterocycles. The summed E-state index contributed by atoms with van der Waals surface area (Å²) in [5.41, 5.74) is 1.23. The summed E-state index contributed by atoms with van der Waals surface area (Å²) in [7, 11) is -2.21. The third-order valence-electron chi connectivity index (χ3n) is 3.89. The highest BCUT2D eigenvalue weighted by atomic mass is 32.2. The lowest BCUT2D eigenvalue weighted by atomic mass is 10.1. The average molecular weight is 400 g/mol. The molecule has 2 rings (SSSR count). The standard InChI is InChI=1S/C19H20N4O4S/c1-13(14-3-7-17(27-2)8-4-14)23-19(24)15(11-20)12-22-16-5-9-18(10-6-16)28(21,25)26/h3-10,12-13,22H,1-2H3,(H,23,24)(H2,21,25,26)/b15-12-. The first-order valence-electron chi connectivity index (χ1n) is 8.19. The molecule has 1 unspecified atom stereocenters. The summed E-state index contributed by atoms with van der Waals surface area (Å²) in [6.07, 6.45) is 1.25. The van der Waals surface area contributed by atoms with E-state index in [0.29, 0.717) is 11.4 Å². The van der Waals surface area contributed by atoms with Crippen molar-refractivity contribution in [3.63, 3.8) is 0 Å². The highest BCUT2D eigenvalue weighted by molar-refractivity contribution is 7.89. The van der Waals surface area contributed by atoms with Crippen LogP contribution in [0.4, 0.5) is 5.69 Å². The Balaban J connectivity index is 2.04. The molecule has 0 bridgehead atoms. The number of methoxy groups -OCH3 is 1. The van der Waals surface area contributed by atoms with Crippen LogP contribution >= 0.6 is 0 Å². The zero-order chi connectivity index (χ0) is 20.7. The number of hydrogen-bond donors (Lipinski definition) is 3. The van der Waals surface area contributed by atoms with Gasteiger partial charge in [-0.15, -0.1) is 0 Å². The first-order chi connectivity index (χ1) is 13.2. The maximum absolute atomic E-state index is 12.3. The molecule has 0 aliphatic carbocycles. The second kappa shape index (κ2) is 9.03. The molecule has 2 aromatic carbocycles. The Hall–Kier alpha value is -3.35. The fourth-order valence-electron chi connectivity index (χ4n) is 2.30. The molecule has 0 aliphatic heterocycles. The molecular formula is C19H20N4O4S. The van der Waals surface area contributed by atoms with Gasteiger partial charge in [0.25, 0.3) is 5.91 Å². The summed E-state index contributed by atoms with van der Waals surface area (Å²) in [5.74, 6) is 0.164. The summed E-state index contributed by atoms with van der Waals surface area (Å²) in [6, 6.07) is 14.3. The number of nitriles is 1. The van der Waals surface area contributed by atoms with E-state index in [4.69, 9.17) is 9.88 Å². The monoisotopic (exact) mass is 400 g/mol. The van der Waals surface area contributed by atoms with Gasteiger partial charge in [-0.25, -0.2) is 13.6 Å². The lowest BCUT2D eigenvalue weighted by Gasteiger charge is -2.14. The quantitative estimate of drug-likeness (QED) is 0.481. The van der Waals surface area contributed by atoms with Gasteiger partial charge in [-0.3, -0.25) is 4.79 Å². The largest absolute Gasteiger partial charge is 0.497 e. The number of ether oxygens (including phenoxy) is 1. The molecule has 1 atom stereocenters. The number of sulfonamides is 1. The van der Waals surface area contributed by atoms with Crippen LogP contribution in [0.2, 0.25) is 0 Å². The van der Waals surface area contributed by atoms with Gasteiger partial charge in [0.15, 0.2) is 0 Å². The highest BCUT2D eigenvalue weighted by Gasteiger charge is 2.14. The maximum Gasteiger partial charge on any atom is 0.263 e. The average Bonchev–Trinajstić information content (AvgIpc) is 2.68. The number of carbonyl (C=O) groups excluding carboxylic acids is 1. The molecule has 2 aromatic rings. The Kier molecular flexibility index (Phi) is 6.76. The number of amides is 1. The Morgan fingerprint density at radius 1 is 1.18 bits per heavy atom. The molecule has 4 N–H and O–H groups in total. The van der Waals surface area contributed by atoms with Gasteiger partial charge in [0, 0.05) is 11.9 Å². The van der Waals surface area contributed by atoms with Crippen molar-refractivity contribution in [2.75, 3.05) is 12.4 Å². The number of benzene rings is 2. The topological polar surface area (TPSA) is 134 Å². The fourth-order valence-corrected chi connectivity index (χ4v) is 2.81. The van der Waals surface area contributed by atoms with E-state index < -0.39 is 15.9 Å². The molecule has 146 valence electrons. The number of rotatable bonds is 7. The number of nitrogens with zero attached hydrogens (tertiary/aromatic N) is 1. The first-order valence-corrected chi connectivity index (χ1v) is 9.73. The van der Waals surface area contributed by atoms with Gasteiger partial charge in [0.2, 0.25) is 10.0 Å². The third-order valence-corrected chi connectivity index (χ3v) is 4.82. The van der Waals surface area contributed by atoms with Crippen LogP contribution in [0, 0.1) is 11.3 Å². The number of nitrogens with two attached hydrogens (primary N) is 1. The van der Waals surface area contributed by atoms with Gasteiger partial charge in [-0.05, 0) is 48.9 Å². The van der Waals surface area contributed by atoms with E-state index in [1.165, 1.54) is 30.5 Å². The molecule has 0 fully saturated rings. The van der Waals surface area contributed by atoms with Gasteiger partial charge < -0.3 is 15.4 Å². The predicted octanol–water partition coefficient (Wildman–Crippen LogP) is 2.04. The van der Waals surface area contributed by atoms with Gasteiger partial charge >= 0.3 is 0 Å². The number of primary sulfonamides is 1. The molecule has 0 heterocycles. The molecule has 28 heavy (non-hydrogen) atoms. The molecular weight excluding hydrogens is 380 g/mol. The second-order valence-electron chi connectivity index (χ2n) is 5.85. The Labute approximate surface area is 163 Å². The van der Waals surface area contributed by atoms with Crippen molar-refractivity contribution in [3.05, 3.63) is 65.9 Å². The number of nitrogens with one attached hydrogen (secondary N) is 2. The van der Waals surface area contributed by atoms with Crippen molar-refractivity contribution in [1.29, 1.82) is 5.26 Å². The Morgan fingerprint density at radius 2 is 1.79 bits per heavy atom. The van der Waals surface area contributed by atoms with Gasteiger partial charge in [-0.2, -0.15) is 5.26 Å². The van der Waals surface area contributed by atoms with E-state index in [-0.39, 0.29) is 16.5 Å². The minimum Gasteiger partial charge on any atom is -0.497 e. The van der Waals surface area contributed by atoms with Crippen LogP contribution in [0.3, 0.4) is 0 Å². The normalized spacial score (nSPS) is 12.6. The number of hydrogen-bond acceptors (Lipinski definition) is 6. The molecule has 0 saturated carbocycles. The van der Waals surface area contributed by atoms with Crippen molar-refractivity contribution in [2.45, 2.75) is 17.9 Å². The van der Waals surface area contributed by atoms with Crippen LogP contribution in [0.15, 0.2) is 65.2 Å². The van der Waals surface area contributed by atoms with E-state index in [1.807, 2.05) is 18.2 Å². The third kappa shape index (κ3) is 5.57. The number of anilines is 1. The Morgan fingerprint density at radius 3 is 2.29 bits per heavy atom. The predicted molar refractivity (Wildman–Crippen MR) is 105 cm³/mol. The van der Waals surface area contributed by atoms with Crippen molar-refractivity contribution in [1.82, 2.24) is 5.32 Å². The second-order valence-corrected chi connectivity index (χ2v) is 7.41. The van der Waals surface area contributed by atoms with Gasteiger partial charge in [0.05, 0.1) is 18.0 Å². The molecule has 0 aliphatic rings. The number of carbonyl (C=O) groups is 1. The van der Waals surface area contributed by atoms with Crippen LogP contribution in [0.1, 0.15) is 18.5 Å². The van der Waals surface area contributed by atoms with Crippen LogP contribution in [0.5, 0.6) is 5.75 Å². The molecule has 9 heteroatoms. The summed E-state index contributed by atoms with van der Waals surface area (Å²) >= 11 is 0. The summed E-state index contributed by atoms with van der Waals surface area (Å²) < 4.78 is 27.6. The van der Waals surface area contributed by atoms with Crippen molar-refractivity contribution in [3.8, 4) is 11.8 Å². The van der Waals surface area contributed by atoms with Crippen molar-refractivity contribution >= 4 is 21.6 Å². The molecule has 0 radical (unpaired) electrons. The minimum atomic E-state index is -3.78. The Bertz CT molecular complexity index is 1010. The minimum absolute atomic E-state index is 0.0337. The molecule has 0 spiro atoms. The van der Waals surface area contributed by atoms with E-state index in [2.05, 4.69) is 10.6 Å².